The molecule has 0 aliphatic rings. The molecule has 1 atom stereocenters. The van der Waals surface area contributed by atoms with Gasteiger partial charge in [0, 0.05) is 6.54 Å². The summed E-state index contributed by atoms with van der Waals surface area (Å²) in [7, 11) is 0. The minimum absolute atomic E-state index is 0. The third-order valence-corrected chi connectivity index (χ3v) is 2.38. The Labute approximate surface area is 125 Å². The number of aliphatic imine (C=N–C) groups is 1. The Balaban J connectivity index is 0.00000289. The highest BCUT2D eigenvalue weighted by molar-refractivity contribution is 14.0. The van der Waals surface area contributed by atoms with E-state index in [-0.39, 0.29) is 30.5 Å². The summed E-state index contributed by atoms with van der Waals surface area (Å²) < 4.78 is 0. The van der Waals surface area contributed by atoms with Crippen molar-refractivity contribution in [2.24, 2.45) is 10.7 Å². The number of halogens is 1. The molecule has 0 aromatic heterocycles. The second-order valence-corrected chi connectivity index (χ2v) is 4.01. The minimum atomic E-state index is -1.01. The van der Waals surface area contributed by atoms with Crippen molar-refractivity contribution in [3.05, 3.63) is 48.6 Å². The van der Waals surface area contributed by atoms with E-state index in [0.29, 0.717) is 12.5 Å². The lowest BCUT2D eigenvalue weighted by atomic mass is 9.96. The van der Waals surface area contributed by atoms with E-state index in [1.807, 2.05) is 30.3 Å². The van der Waals surface area contributed by atoms with Gasteiger partial charge in [-0.15, -0.1) is 30.6 Å². The highest BCUT2D eigenvalue weighted by Crippen LogP contribution is 2.20. The Bertz CT molecular complexity index is 390. The van der Waals surface area contributed by atoms with Gasteiger partial charge in [0.2, 0.25) is 0 Å². The van der Waals surface area contributed by atoms with Gasteiger partial charge in [0.1, 0.15) is 5.60 Å². The second kappa shape index (κ2) is 8.10. The van der Waals surface area contributed by atoms with E-state index in [9.17, 15) is 5.11 Å². The van der Waals surface area contributed by atoms with Crippen LogP contribution in [0.4, 0.5) is 0 Å². The predicted molar refractivity (Wildman–Crippen MR) is 86.1 cm³/mol. The maximum Gasteiger partial charge on any atom is 0.188 e. The standard InChI is InChI=1S/C13H19N3O.HI/c1-3-9-15-12(14)16-10-13(2,17)11-7-5-4-6-8-11;/h3-8,17H,1,9-10H2,2H3,(H3,14,15,16);1H. The average molecular weight is 361 g/mol. The third kappa shape index (κ3) is 5.50. The molecule has 100 valence electrons. The van der Waals surface area contributed by atoms with Crippen molar-refractivity contribution in [2.75, 3.05) is 13.1 Å². The van der Waals surface area contributed by atoms with Gasteiger partial charge in [0.05, 0.1) is 6.54 Å². The van der Waals surface area contributed by atoms with Gasteiger partial charge in [0.15, 0.2) is 5.96 Å². The fourth-order valence-corrected chi connectivity index (χ4v) is 1.36. The predicted octanol–water partition coefficient (Wildman–Crippen LogP) is 1.60. The molecule has 0 spiro atoms. The number of aliphatic hydroxyl groups is 1. The lowest BCUT2D eigenvalue weighted by molar-refractivity contribution is 0.0673. The lowest BCUT2D eigenvalue weighted by Crippen LogP contribution is -2.34. The number of benzene rings is 1. The molecule has 0 saturated heterocycles. The highest BCUT2D eigenvalue weighted by atomic mass is 127. The first-order valence-corrected chi connectivity index (χ1v) is 5.49. The monoisotopic (exact) mass is 361 g/mol. The number of nitrogens with two attached hydrogens (primary N) is 1. The largest absolute Gasteiger partial charge is 0.384 e. The van der Waals surface area contributed by atoms with Crippen LogP contribution in [0.25, 0.3) is 0 Å². The van der Waals surface area contributed by atoms with Gasteiger partial charge < -0.3 is 16.2 Å². The molecule has 1 aromatic carbocycles. The number of nitrogens with one attached hydrogen (secondary N) is 1. The molecule has 0 saturated carbocycles. The summed E-state index contributed by atoms with van der Waals surface area (Å²) in [6.45, 7) is 6.06. The summed E-state index contributed by atoms with van der Waals surface area (Å²) in [5, 5.41) is 13.1. The fraction of sp³-hybridized carbons (Fsp3) is 0.308. The van der Waals surface area contributed by atoms with E-state index < -0.39 is 5.60 Å². The molecule has 5 heteroatoms. The Morgan fingerprint density at radius 3 is 2.67 bits per heavy atom. The number of nitrogens with zero attached hydrogens (tertiary/aromatic N) is 1. The van der Waals surface area contributed by atoms with Crippen molar-refractivity contribution in [1.29, 1.82) is 0 Å². The molecule has 1 rings (SSSR count). The molecule has 1 aromatic rings. The van der Waals surface area contributed by atoms with E-state index in [1.165, 1.54) is 0 Å². The van der Waals surface area contributed by atoms with Crippen molar-refractivity contribution < 1.29 is 5.11 Å². The molecule has 0 radical (unpaired) electrons. The van der Waals surface area contributed by atoms with Crippen LogP contribution in [0, 0.1) is 0 Å². The summed E-state index contributed by atoms with van der Waals surface area (Å²) in [5.74, 6) is 0.307. The van der Waals surface area contributed by atoms with E-state index in [1.54, 1.807) is 13.0 Å². The molecule has 0 amide bonds. The van der Waals surface area contributed by atoms with E-state index in [2.05, 4.69) is 16.9 Å². The van der Waals surface area contributed by atoms with Gasteiger partial charge in [-0.1, -0.05) is 36.4 Å². The number of hydrogen-bond acceptors (Lipinski definition) is 2. The Morgan fingerprint density at radius 2 is 2.11 bits per heavy atom. The second-order valence-electron chi connectivity index (χ2n) is 4.01. The van der Waals surface area contributed by atoms with Crippen LogP contribution in [0.1, 0.15) is 12.5 Å². The average Bonchev–Trinajstić information content (AvgIpc) is 2.35. The Kier molecular flexibility index (Phi) is 7.61. The van der Waals surface area contributed by atoms with Crippen LogP contribution in [0.15, 0.2) is 48.0 Å². The maximum atomic E-state index is 10.2. The zero-order valence-corrected chi connectivity index (χ0v) is 12.8. The van der Waals surface area contributed by atoms with E-state index in [4.69, 9.17) is 5.73 Å². The topological polar surface area (TPSA) is 70.6 Å². The molecule has 0 heterocycles. The van der Waals surface area contributed by atoms with Crippen LogP contribution >= 0.6 is 24.0 Å². The van der Waals surface area contributed by atoms with Crippen LogP contribution in [0.2, 0.25) is 0 Å². The van der Waals surface area contributed by atoms with Gasteiger partial charge in [-0.25, -0.2) is 0 Å². The van der Waals surface area contributed by atoms with Crippen molar-refractivity contribution in [2.45, 2.75) is 12.5 Å². The van der Waals surface area contributed by atoms with Gasteiger partial charge in [0.25, 0.3) is 0 Å². The molecule has 18 heavy (non-hydrogen) atoms. The first-order valence-electron chi connectivity index (χ1n) is 5.49. The molecule has 4 N–H and O–H groups in total. The quantitative estimate of drug-likeness (QED) is 0.323. The summed E-state index contributed by atoms with van der Waals surface area (Å²) in [6, 6.07) is 9.40. The molecular weight excluding hydrogens is 341 g/mol. The van der Waals surface area contributed by atoms with Gasteiger partial charge in [-0.3, -0.25) is 4.99 Å². The highest BCUT2D eigenvalue weighted by Gasteiger charge is 2.22. The van der Waals surface area contributed by atoms with Crippen LogP contribution < -0.4 is 11.1 Å². The van der Waals surface area contributed by atoms with Crippen LogP contribution in [0.3, 0.4) is 0 Å². The minimum Gasteiger partial charge on any atom is -0.384 e. The van der Waals surface area contributed by atoms with Crippen molar-refractivity contribution in [3.63, 3.8) is 0 Å². The third-order valence-electron chi connectivity index (χ3n) is 2.38. The summed E-state index contributed by atoms with van der Waals surface area (Å²) in [5.41, 5.74) is 5.43. The number of guanidine groups is 1. The normalized spacial score (nSPS) is 14.2. The number of hydrogen-bond donors (Lipinski definition) is 3. The van der Waals surface area contributed by atoms with Crippen molar-refractivity contribution in [1.82, 2.24) is 5.32 Å². The smallest absolute Gasteiger partial charge is 0.188 e. The molecule has 1 unspecified atom stereocenters. The molecule has 0 bridgehead atoms. The Morgan fingerprint density at radius 1 is 1.50 bits per heavy atom. The molecular formula is C13H20IN3O. The van der Waals surface area contributed by atoms with Crippen LogP contribution in [0.5, 0.6) is 0 Å². The van der Waals surface area contributed by atoms with Crippen LogP contribution in [-0.4, -0.2) is 24.2 Å². The molecule has 0 aliphatic heterocycles. The fourth-order valence-electron chi connectivity index (χ4n) is 1.36. The van der Waals surface area contributed by atoms with Crippen molar-refractivity contribution >= 4 is 29.9 Å². The summed E-state index contributed by atoms with van der Waals surface area (Å²) >= 11 is 0. The number of rotatable bonds is 5. The Hall–Kier alpha value is -1.08. The van der Waals surface area contributed by atoms with Gasteiger partial charge in [-0.05, 0) is 12.5 Å². The first-order chi connectivity index (χ1) is 8.06. The summed E-state index contributed by atoms with van der Waals surface area (Å²) in [4.78, 5) is 4.10. The van der Waals surface area contributed by atoms with E-state index >= 15 is 0 Å². The van der Waals surface area contributed by atoms with E-state index in [0.717, 1.165) is 5.56 Å². The molecule has 0 fully saturated rings. The summed E-state index contributed by atoms with van der Waals surface area (Å²) in [6.07, 6.45) is 1.69. The first kappa shape index (κ1) is 16.9. The van der Waals surface area contributed by atoms with Crippen LogP contribution in [-0.2, 0) is 5.60 Å². The van der Waals surface area contributed by atoms with Gasteiger partial charge >= 0.3 is 0 Å². The zero-order valence-electron chi connectivity index (χ0n) is 10.5. The lowest BCUT2D eigenvalue weighted by Gasteiger charge is -2.21. The van der Waals surface area contributed by atoms with Crippen molar-refractivity contribution in [3.8, 4) is 0 Å². The SMILES string of the molecule is C=CCNC(N)=NCC(C)(O)c1ccccc1.I. The molecule has 4 nitrogen and oxygen atoms in total. The molecule has 0 aliphatic carbocycles. The van der Waals surface area contributed by atoms with Gasteiger partial charge in [-0.2, -0.15) is 0 Å². The zero-order chi connectivity index (χ0) is 12.7. The maximum absolute atomic E-state index is 10.2.